The van der Waals surface area contributed by atoms with Crippen LogP contribution in [0.25, 0.3) is 0 Å². The van der Waals surface area contributed by atoms with Crippen LogP contribution in [0.15, 0.2) is 46.6 Å². The summed E-state index contributed by atoms with van der Waals surface area (Å²) in [6.07, 6.45) is 16.5. The monoisotopic (exact) mass is 286 g/mol. The molecule has 0 heterocycles. The Balaban J connectivity index is 2.56. The first-order valence-corrected chi connectivity index (χ1v) is 8.51. The Hall–Kier alpha value is -1.04. The van der Waals surface area contributed by atoms with Gasteiger partial charge in [0.2, 0.25) is 0 Å². The molecule has 118 valence electrons. The molecule has 1 rings (SSSR count). The standard InChI is InChI=1S/C21H34/c1-7-10-17(2)11-8-12-18(3)14-15-20-19(4)13-9-16-21(20,5)6/h7,10-12H,8-9,13-16H2,1-6H3/b10-7?,17-11+,18-12+. The van der Waals surface area contributed by atoms with Gasteiger partial charge < -0.3 is 0 Å². The van der Waals surface area contributed by atoms with Gasteiger partial charge in [-0.05, 0) is 71.6 Å². The molecule has 0 radical (unpaired) electrons. The number of hydrogen-bond acceptors (Lipinski definition) is 0. The second-order valence-corrected chi connectivity index (χ2v) is 7.23. The molecule has 0 unspecified atom stereocenters. The highest BCUT2D eigenvalue weighted by Gasteiger charge is 2.27. The van der Waals surface area contributed by atoms with Crippen molar-refractivity contribution >= 4 is 0 Å². The van der Waals surface area contributed by atoms with Crippen molar-refractivity contribution in [1.82, 2.24) is 0 Å². The van der Waals surface area contributed by atoms with Crippen molar-refractivity contribution in [3.05, 3.63) is 46.6 Å². The number of hydrogen-bond donors (Lipinski definition) is 0. The Morgan fingerprint density at radius 2 is 1.90 bits per heavy atom. The van der Waals surface area contributed by atoms with E-state index in [-0.39, 0.29) is 0 Å². The van der Waals surface area contributed by atoms with Gasteiger partial charge in [-0.25, -0.2) is 0 Å². The van der Waals surface area contributed by atoms with Crippen molar-refractivity contribution in [2.45, 2.75) is 80.1 Å². The maximum atomic E-state index is 2.42. The molecule has 0 amide bonds. The predicted molar refractivity (Wildman–Crippen MR) is 96.5 cm³/mol. The third kappa shape index (κ3) is 6.08. The maximum absolute atomic E-state index is 2.42. The van der Waals surface area contributed by atoms with Crippen molar-refractivity contribution in [3.63, 3.8) is 0 Å². The first-order chi connectivity index (χ1) is 9.86. The van der Waals surface area contributed by atoms with Crippen LogP contribution in [0.3, 0.4) is 0 Å². The molecule has 0 N–H and O–H groups in total. The van der Waals surface area contributed by atoms with E-state index in [1.54, 1.807) is 11.1 Å². The van der Waals surface area contributed by atoms with Crippen molar-refractivity contribution < 1.29 is 0 Å². The van der Waals surface area contributed by atoms with E-state index >= 15 is 0 Å². The molecule has 0 saturated heterocycles. The van der Waals surface area contributed by atoms with Crippen LogP contribution in [0.1, 0.15) is 80.1 Å². The van der Waals surface area contributed by atoms with Crippen LogP contribution in [0.5, 0.6) is 0 Å². The molecule has 0 aromatic heterocycles. The predicted octanol–water partition coefficient (Wildman–Crippen LogP) is 7.15. The van der Waals surface area contributed by atoms with Gasteiger partial charge in [0.15, 0.2) is 0 Å². The molecule has 0 saturated carbocycles. The Labute approximate surface area is 132 Å². The highest BCUT2D eigenvalue weighted by molar-refractivity contribution is 5.24. The fourth-order valence-corrected chi connectivity index (χ4v) is 3.43. The van der Waals surface area contributed by atoms with Gasteiger partial charge in [-0.15, -0.1) is 0 Å². The molecule has 0 aromatic carbocycles. The zero-order chi connectivity index (χ0) is 15.9. The van der Waals surface area contributed by atoms with Gasteiger partial charge in [-0.1, -0.05) is 60.4 Å². The first kappa shape index (κ1) is 18.0. The summed E-state index contributed by atoms with van der Waals surface area (Å²) in [5.74, 6) is 0. The molecule has 0 aromatic rings. The third-order valence-corrected chi connectivity index (χ3v) is 4.79. The van der Waals surface area contributed by atoms with Crippen LogP contribution in [0, 0.1) is 5.41 Å². The normalized spacial score (nSPS) is 20.5. The Kier molecular flexibility index (Phi) is 7.22. The molecule has 0 fully saturated rings. The Morgan fingerprint density at radius 3 is 2.52 bits per heavy atom. The molecule has 1 aliphatic rings. The van der Waals surface area contributed by atoms with Gasteiger partial charge >= 0.3 is 0 Å². The van der Waals surface area contributed by atoms with E-state index in [0.717, 1.165) is 6.42 Å². The van der Waals surface area contributed by atoms with E-state index in [9.17, 15) is 0 Å². The van der Waals surface area contributed by atoms with Crippen molar-refractivity contribution in [2.24, 2.45) is 5.41 Å². The molecule has 0 bridgehead atoms. The highest BCUT2D eigenvalue weighted by Crippen LogP contribution is 2.42. The lowest BCUT2D eigenvalue weighted by Gasteiger charge is -2.34. The van der Waals surface area contributed by atoms with Crippen LogP contribution in [0.4, 0.5) is 0 Å². The van der Waals surface area contributed by atoms with Crippen molar-refractivity contribution in [2.75, 3.05) is 0 Å². The summed E-state index contributed by atoms with van der Waals surface area (Å²) in [4.78, 5) is 0. The lowest BCUT2D eigenvalue weighted by molar-refractivity contribution is 0.354. The lowest BCUT2D eigenvalue weighted by Crippen LogP contribution is -2.20. The van der Waals surface area contributed by atoms with Crippen LogP contribution in [-0.4, -0.2) is 0 Å². The minimum Gasteiger partial charge on any atom is -0.0874 e. The van der Waals surface area contributed by atoms with E-state index in [2.05, 4.69) is 65.8 Å². The van der Waals surface area contributed by atoms with Gasteiger partial charge in [-0.3, -0.25) is 0 Å². The van der Waals surface area contributed by atoms with Crippen LogP contribution in [0.2, 0.25) is 0 Å². The van der Waals surface area contributed by atoms with E-state index < -0.39 is 0 Å². The number of rotatable bonds is 6. The van der Waals surface area contributed by atoms with E-state index in [4.69, 9.17) is 0 Å². The second kappa shape index (κ2) is 8.41. The summed E-state index contributed by atoms with van der Waals surface area (Å²) < 4.78 is 0. The molecule has 0 spiro atoms. The summed E-state index contributed by atoms with van der Waals surface area (Å²) in [7, 11) is 0. The zero-order valence-corrected chi connectivity index (χ0v) is 15.1. The van der Waals surface area contributed by atoms with Gasteiger partial charge in [0, 0.05) is 0 Å². The van der Waals surface area contributed by atoms with Crippen molar-refractivity contribution in [3.8, 4) is 0 Å². The topological polar surface area (TPSA) is 0 Å². The Bertz CT molecular complexity index is 452. The SMILES string of the molecule is CC=C/C(C)=C/C/C=C(\C)CCC1=C(C)CCCC1(C)C. The summed E-state index contributed by atoms with van der Waals surface area (Å²) in [5.41, 5.74) is 6.69. The maximum Gasteiger partial charge on any atom is -0.0142 e. The summed E-state index contributed by atoms with van der Waals surface area (Å²) in [5, 5.41) is 0. The molecule has 21 heavy (non-hydrogen) atoms. The second-order valence-electron chi connectivity index (χ2n) is 7.23. The molecule has 1 aliphatic carbocycles. The lowest BCUT2D eigenvalue weighted by atomic mass is 9.71. The average Bonchev–Trinajstić information content (AvgIpc) is 2.37. The minimum absolute atomic E-state index is 0.422. The van der Waals surface area contributed by atoms with Gasteiger partial charge in [0.1, 0.15) is 0 Å². The quantitative estimate of drug-likeness (QED) is 0.359. The summed E-state index contributed by atoms with van der Waals surface area (Å²) in [6.45, 7) is 13.7. The summed E-state index contributed by atoms with van der Waals surface area (Å²) in [6, 6.07) is 0. The summed E-state index contributed by atoms with van der Waals surface area (Å²) >= 11 is 0. The van der Waals surface area contributed by atoms with Gasteiger partial charge in [0.25, 0.3) is 0 Å². The van der Waals surface area contributed by atoms with Crippen molar-refractivity contribution in [1.29, 1.82) is 0 Å². The first-order valence-electron chi connectivity index (χ1n) is 8.51. The minimum atomic E-state index is 0.422. The fourth-order valence-electron chi connectivity index (χ4n) is 3.43. The molecule has 0 heteroatoms. The number of allylic oxidation sites excluding steroid dienone is 8. The van der Waals surface area contributed by atoms with Crippen LogP contribution in [-0.2, 0) is 0 Å². The molecule has 0 aliphatic heterocycles. The van der Waals surface area contributed by atoms with Crippen LogP contribution >= 0.6 is 0 Å². The van der Waals surface area contributed by atoms with E-state index in [0.29, 0.717) is 5.41 Å². The highest BCUT2D eigenvalue weighted by atomic mass is 14.3. The van der Waals surface area contributed by atoms with Crippen LogP contribution < -0.4 is 0 Å². The molecular weight excluding hydrogens is 252 g/mol. The average molecular weight is 287 g/mol. The zero-order valence-electron chi connectivity index (χ0n) is 15.1. The largest absolute Gasteiger partial charge is 0.0874 e. The smallest absolute Gasteiger partial charge is 0.0142 e. The third-order valence-electron chi connectivity index (χ3n) is 4.79. The molecule has 0 nitrogen and oxygen atoms in total. The molecular formula is C21H34. The van der Waals surface area contributed by atoms with E-state index in [1.807, 2.05) is 0 Å². The van der Waals surface area contributed by atoms with E-state index in [1.165, 1.54) is 43.3 Å². The molecule has 0 atom stereocenters. The van der Waals surface area contributed by atoms with Gasteiger partial charge in [0.05, 0.1) is 0 Å². The Morgan fingerprint density at radius 1 is 1.19 bits per heavy atom. The fraction of sp³-hybridized carbons (Fsp3) is 0.619. The van der Waals surface area contributed by atoms with Gasteiger partial charge in [-0.2, -0.15) is 0 Å².